The average Bonchev–Trinajstić information content (AvgIpc) is 3.18. The second-order valence-corrected chi connectivity index (χ2v) is 7.32. The number of amides is 1. The Morgan fingerprint density at radius 2 is 2.08 bits per heavy atom. The Bertz CT molecular complexity index is 701. The van der Waals surface area contributed by atoms with Crippen LogP contribution in [0.3, 0.4) is 0 Å². The molecule has 25 heavy (non-hydrogen) atoms. The molecule has 0 saturated carbocycles. The fourth-order valence-electron chi connectivity index (χ4n) is 3.65. The third kappa shape index (κ3) is 3.64. The lowest BCUT2D eigenvalue weighted by atomic mass is 9.82. The summed E-state index contributed by atoms with van der Waals surface area (Å²) in [5.41, 5.74) is 2.10. The first-order valence-electron chi connectivity index (χ1n) is 8.59. The highest BCUT2D eigenvalue weighted by molar-refractivity contribution is 7.07. The molecule has 2 fully saturated rings. The zero-order valence-corrected chi connectivity index (χ0v) is 14.7. The Labute approximate surface area is 150 Å². The molecule has 2 saturated heterocycles. The topological polar surface area (TPSA) is 80.2 Å². The van der Waals surface area contributed by atoms with Crippen molar-refractivity contribution in [2.75, 3.05) is 25.0 Å². The molecule has 132 valence electrons. The van der Waals surface area contributed by atoms with Gasteiger partial charge in [-0.25, -0.2) is 15.0 Å². The quantitative estimate of drug-likeness (QED) is 0.905. The molecule has 4 rings (SSSR count). The number of piperidine rings is 1. The van der Waals surface area contributed by atoms with Gasteiger partial charge in [0, 0.05) is 43.5 Å². The van der Waals surface area contributed by atoms with E-state index in [1.807, 2.05) is 16.3 Å². The van der Waals surface area contributed by atoms with Crippen molar-refractivity contribution in [3.05, 3.63) is 35.0 Å². The third-order valence-electron chi connectivity index (χ3n) is 5.01. The van der Waals surface area contributed by atoms with Crippen molar-refractivity contribution in [1.82, 2.24) is 19.9 Å². The predicted molar refractivity (Wildman–Crippen MR) is 94.6 cm³/mol. The first-order chi connectivity index (χ1) is 12.2. The van der Waals surface area contributed by atoms with E-state index in [4.69, 9.17) is 4.74 Å². The lowest BCUT2D eigenvalue weighted by molar-refractivity contribution is -0.110. The van der Waals surface area contributed by atoms with E-state index in [9.17, 15) is 4.79 Å². The number of hydrogen-bond donors (Lipinski definition) is 1. The van der Waals surface area contributed by atoms with Crippen LogP contribution >= 0.6 is 11.3 Å². The number of anilines is 1. The molecular formula is C17H21N5O2S. The molecule has 0 aromatic carbocycles. The Hall–Kier alpha value is -2.06. The van der Waals surface area contributed by atoms with Gasteiger partial charge in [0.1, 0.15) is 5.69 Å². The molecule has 4 heterocycles. The highest BCUT2D eigenvalue weighted by Gasteiger charge is 2.41. The van der Waals surface area contributed by atoms with Crippen molar-refractivity contribution < 1.29 is 9.53 Å². The summed E-state index contributed by atoms with van der Waals surface area (Å²) in [6.45, 7) is 2.15. The number of carbonyl (C=O) groups excluding carboxylic acids is 1. The zero-order chi connectivity index (χ0) is 17.1. The summed E-state index contributed by atoms with van der Waals surface area (Å²) in [6.07, 6.45) is 7.07. The van der Waals surface area contributed by atoms with Gasteiger partial charge in [-0.15, -0.1) is 11.3 Å². The number of nitrogens with one attached hydrogen (secondary N) is 1. The van der Waals surface area contributed by atoms with Crippen LogP contribution in [0.2, 0.25) is 0 Å². The number of hydrogen-bond acceptors (Lipinski definition) is 7. The molecule has 0 aliphatic carbocycles. The van der Waals surface area contributed by atoms with Crippen LogP contribution in [0.15, 0.2) is 29.4 Å². The number of aromatic nitrogens is 3. The van der Waals surface area contributed by atoms with Gasteiger partial charge in [-0.1, -0.05) is 0 Å². The maximum absolute atomic E-state index is 12.4. The van der Waals surface area contributed by atoms with Gasteiger partial charge in [0.25, 0.3) is 5.91 Å². The average molecular weight is 359 g/mol. The molecule has 1 spiro atoms. The maximum Gasteiger partial charge on any atom is 0.273 e. The SMILES string of the molecule is O=C(c1cscn1)N1CCC2(CC1)C[C@@H](Nc1ncccn1)CCO2. The van der Waals surface area contributed by atoms with Crippen molar-refractivity contribution in [2.45, 2.75) is 37.3 Å². The van der Waals surface area contributed by atoms with E-state index < -0.39 is 0 Å². The monoisotopic (exact) mass is 359 g/mol. The Morgan fingerprint density at radius 1 is 1.28 bits per heavy atom. The summed E-state index contributed by atoms with van der Waals surface area (Å²) in [7, 11) is 0. The van der Waals surface area contributed by atoms with Crippen LogP contribution in [0.1, 0.15) is 36.2 Å². The normalized spacial score (nSPS) is 22.7. The Kier molecular flexibility index (Phi) is 4.63. The minimum Gasteiger partial charge on any atom is -0.375 e. The van der Waals surface area contributed by atoms with Crippen LogP contribution in [0.25, 0.3) is 0 Å². The molecule has 2 aliphatic rings. The van der Waals surface area contributed by atoms with Crippen molar-refractivity contribution in [3.8, 4) is 0 Å². The summed E-state index contributed by atoms with van der Waals surface area (Å²) in [5.74, 6) is 0.694. The van der Waals surface area contributed by atoms with Crippen molar-refractivity contribution in [2.24, 2.45) is 0 Å². The summed E-state index contributed by atoms with van der Waals surface area (Å²) in [4.78, 5) is 27.0. The highest BCUT2D eigenvalue weighted by Crippen LogP contribution is 2.36. The lowest BCUT2D eigenvalue weighted by Crippen LogP contribution is -2.52. The second-order valence-electron chi connectivity index (χ2n) is 6.60. The van der Waals surface area contributed by atoms with Crippen LogP contribution in [-0.2, 0) is 4.74 Å². The molecule has 8 heteroatoms. The van der Waals surface area contributed by atoms with E-state index in [0.717, 1.165) is 32.3 Å². The number of likely N-dealkylation sites (tertiary alicyclic amines) is 1. The van der Waals surface area contributed by atoms with E-state index in [2.05, 4.69) is 20.3 Å². The van der Waals surface area contributed by atoms with Gasteiger partial charge >= 0.3 is 0 Å². The largest absolute Gasteiger partial charge is 0.375 e. The first kappa shape index (κ1) is 16.4. The lowest BCUT2D eigenvalue weighted by Gasteiger charge is -2.46. The number of nitrogens with zero attached hydrogens (tertiary/aromatic N) is 4. The molecule has 0 unspecified atom stereocenters. The molecular weight excluding hydrogens is 338 g/mol. The van der Waals surface area contributed by atoms with Crippen LogP contribution in [-0.4, -0.2) is 57.1 Å². The van der Waals surface area contributed by atoms with E-state index in [1.165, 1.54) is 11.3 Å². The molecule has 1 amide bonds. The molecule has 1 N–H and O–H groups in total. The van der Waals surface area contributed by atoms with Gasteiger partial charge in [0.15, 0.2) is 0 Å². The highest BCUT2D eigenvalue weighted by atomic mass is 32.1. The van der Waals surface area contributed by atoms with E-state index >= 15 is 0 Å². The van der Waals surface area contributed by atoms with E-state index in [0.29, 0.717) is 30.8 Å². The van der Waals surface area contributed by atoms with Crippen LogP contribution in [0.5, 0.6) is 0 Å². The molecule has 2 aromatic heterocycles. The van der Waals surface area contributed by atoms with Gasteiger partial charge in [-0.05, 0) is 31.7 Å². The third-order valence-corrected chi connectivity index (χ3v) is 5.59. The van der Waals surface area contributed by atoms with Gasteiger partial charge in [0.2, 0.25) is 5.95 Å². The van der Waals surface area contributed by atoms with E-state index in [-0.39, 0.29) is 11.5 Å². The van der Waals surface area contributed by atoms with Gasteiger partial charge < -0.3 is 15.0 Å². The molecule has 0 radical (unpaired) electrons. The number of ether oxygens (including phenoxy) is 1. The Morgan fingerprint density at radius 3 is 2.80 bits per heavy atom. The minimum absolute atomic E-state index is 0.0271. The minimum atomic E-state index is -0.149. The molecule has 1 atom stereocenters. The van der Waals surface area contributed by atoms with Crippen molar-refractivity contribution in [3.63, 3.8) is 0 Å². The first-order valence-corrected chi connectivity index (χ1v) is 9.53. The van der Waals surface area contributed by atoms with Gasteiger partial charge in [0.05, 0.1) is 11.1 Å². The van der Waals surface area contributed by atoms with Crippen molar-refractivity contribution in [1.29, 1.82) is 0 Å². The van der Waals surface area contributed by atoms with Crippen LogP contribution < -0.4 is 5.32 Å². The smallest absolute Gasteiger partial charge is 0.273 e. The standard InChI is InChI=1S/C17H21N5O2S/c23-15(14-11-25-12-20-14)22-7-3-17(4-8-22)10-13(2-9-24-17)21-16-18-5-1-6-19-16/h1,5-6,11-13H,2-4,7-10H2,(H,18,19,21)/t13-/m0/s1. The zero-order valence-electron chi connectivity index (χ0n) is 13.9. The fraction of sp³-hybridized carbons (Fsp3) is 0.529. The molecule has 0 bridgehead atoms. The van der Waals surface area contributed by atoms with E-state index in [1.54, 1.807) is 17.9 Å². The van der Waals surface area contributed by atoms with Gasteiger partial charge in [-0.2, -0.15) is 0 Å². The number of carbonyl (C=O) groups is 1. The maximum atomic E-state index is 12.4. The van der Waals surface area contributed by atoms with Crippen molar-refractivity contribution >= 4 is 23.2 Å². The molecule has 2 aliphatic heterocycles. The summed E-state index contributed by atoms with van der Waals surface area (Å²) in [5, 5.41) is 5.23. The molecule has 2 aromatic rings. The fourth-order valence-corrected chi connectivity index (χ4v) is 4.18. The van der Waals surface area contributed by atoms with Crippen LogP contribution in [0, 0.1) is 0 Å². The molecule has 7 nitrogen and oxygen atoms in total. The summed E-state index contributed by atoms with van der Waals surface area (Å²) in [6, 6.07) is 2.11. The number of thiazole rings is 1. The van der Waals surface area contributed by atoms with Gasteiger partial charge in [-0.3, -0.25) is 4.79 Å². The summed E-state index contributed by atoms with van der Waals surface area (Å²) >= 11 is 1.45. The van der Waals surface area contributed by atoms with Crippen LogP contribution in [0.4, 0.5) is 5.95 Å². The Balaban J connectivity index is 1.36. The summed E-state index contributed by atoms with van der Waals surface area (Å²) < 4.78 is 6.16. The predicted octanol–water partition coefficient (Wildman–Crippen LogP) is 2.20. The number of rotatable bonds is 3. The second kappa shape index (κ2) is 7.05.